The van der Waals surface area contributed by atoms with Gasteiger partial charge in [-0.15, -0.1) is 11.8 Å². The summed E-state index contributed by atoms with van der Waals surface area (Å²) >= 11 is 1.38. The summed E-state index contributed by atoms with van der Waals surface area (Å²) in [7, 11) is 0. The Bertz CT molecular complexity index is 1540. The molecule has 2 aliphatic rings. The number of nitrogens with zero attached hydrogens (tertiary/aromatic N) is 3. The normalized spacial score (nSPS) is 15.8. The summed E-state index contributed by atoms with van der Waals surface area (Å²) in [6.45, 7) is 6.71. The van der Waals surface area contributed by atoms with Crippen molar-refractivity contribution in [2.24, 2.45) is 0 Å². The first-order valence-electron chi connectivity index (χ1n) is 13.5. The average molecular weight is 561 g/mol. The Kier molecular flexibility index (Phi) is 8.23. The van der Waals surface area contributed by atoms with Crippen LogP contribution in [0.15, 0.2) is 59.6 Å². The lowest BCUT2D eigenvalue weighted by Crippen LogP contribution is -2.31. The van der Waals surface area contributed by atoms with Gasteiger partial charge in [0.25, 0.3) is 5.91 Å². The van der Waals surface area contributed by atoms with E-state index >= 15 is 0 Å². The van der Waals surface area contributed by atoms with Crippen LogP contribution in [0.3, 0.4) is 0 Å². The SMILES string of the molecule is CC.CSc1cc(F)ccc1N(Cc1ccc2c3c(c(N)nc2c1)C(C)OC3)C(=O)c1ccc(OC2CC2)nc1. The van der Waals surface area contributed by atoms with Crippen LogP contribution in [0.2, 0.25) is 0 Å². The number of aromatic nitrogens is 2. The molecule has 3 heterocycles. The molecular formula is C31H33FN4O3S. The first kappa shape index (κ1) is 27.9. The van der Waals surface area contributed by atoms with Crippen molar-refractivity contribution < 1.29 is 18.7 Å². The van der Waals surface area contributed by atoms with Crippen LogP contribution in [0.5, 0.6) is 5.88 Å². The fourth-order valence-electron chi connectivity index (χ4n) is 4.83. The van der Waals surface area contributed by atoms with Gasteiger partial charge in [-0.1, -0.05) is 26.0 Å². The largest absolute Gasteiger partial charge is 0.474 e. The molecule has 0 saturated heterocycles. The molecule has 1 fully saturated rings. The minimum absolute atomic E-state index is 0.0900. The fourth-order valence-corrected chi connectivity index (χ4v) is 5.44. The van der Waals surface area contributed by atoms with Gasteiger partial charge in [-0.3, -0.25) is 4.79 Å². The Morgan fingerprint density at radius 2 is 1.98 bits per heavy atom. The number of anilines is 2. The summed E-state index contributed by atoms with van der Waals surface area (Å²) in [4.78, 5) is 25.1. The molecule has 40 heavy (non-hydrogen) atoms. The molecule has 1 amide bonds. The average Bonchev–Trinajstić information content (AvgIpc) is 3.70. The van der Waals surface area contributed by atoms with Gasteiger partial charge in [0, 0.05) is 28.1 Å². The first-order valence-corrected chi connectivity index (χ1v) is 14.7. The van der Waals surface area contributed by atoms with Crippen LogP contribution in [-0.2, 0) is 17.9 Å². The Morgan fingerprint density at radius 1 is 1.18 bits per heavy atom. The molecule has 2 aromatic heterocycles. The highest BCUT2D eigenvalue weighted by Crippen LogP contribution is 2.38. The number of carbonyl (C=O) groups is 1. The smallest absolute Gasteiger partial charge is 0.260 e. The molecule has 0 radical (unpaired) electrons. The molecule has 0 spiro atoms. The fraction of sp³-hybridized carbons (Fsp3) is 0.323. The summed E-state index contributed by atoms with van der Waals surface area (Å²) in [6.07, 6.45) is 5.57. The molecule has 1 saturated carbocycles. The summed E-state index contributed by atoms with van der Waals surface area (Å²) in [6, 6.07) is 13.8. The second-order valence-corrected chi connectivity index (χ2v) is 10.5. The number of amides is 1. The van der Waals surface area contributed by atoms with E-state index < -0.39 is 0 Å². The molecule has 1 aliphatic carbocycles. The minimum Gasteiger partial charge on any atom is -0.474 e. The van der Waals surface area contributed by atoms with Crippen molar-refractivity contribution in [2.45, 2.75) is 63.9 Å². The van der Waals surface area contributed by atoms with Crippen LogP contribution in [0.1, 0.15) is 66.8 Å². The molecule has 1 atom stereocenters. The second kappa shape index (κ2) is 11.8. The number of halogens is 1. The van der Waals surface area contributed by atoms with Crippen LogP contribution in [-0.4, -0.2) is 28.2 Å². The van der Waals surface area contributed by atoms with E-state index in [9.17, 15) is 9.18 Å². The Morgan fingerprint density at radius 3 is 2.67 bits per heavy atom. The molecule has 0 bridgehead atoms. The molecule has 1 unspecified atom stereocenters. The summed E-state index contributed by atoms with van der Waals surface area (Å²) in [5, 5.41) is 0.988. The van der Waals surface area contributed by atoms with Crippen molar-refractivity contribution >= 4 is 40.1 Å². The van der Waals surface area contributed by atoms with E-state index in [0.717, 1.165) is 40.4 Å². The summed E-state index contributed by atoms with van der Waals surface area (Å²) in [5.74, 6) is 0.363. The van der Waals surface area contributed by atoms with Gasteiger partial charge in [-0.2, -0.15) is 0 Å². The number of thioether (sulfide) groups is 1. The number of nitrogens with two attached hydrogens (primary N) is 1. The van der Waals surface area contributed by atoms with Crippen LogP contribution < -0.4 is 15.4 Å². The molecule has 208 valence electrons. The molecule has 6 rings (SSSR count). The molecular weight excluding hydrogens is 527 g/mol. The minimum atomic E-state index is -0.357. The maximum atomic E-state index is 14.1. The lowest BCUT2D eigenvalue weighted by atomic mass is 10.0. The van der Waals surface area contributed by atoms with Crippen LogP contribution in [0.4, 0.5) is 15.9 Å². The zero-order valence-electron chi connectivity index (χ0n) is 23.1. The molecule has 7 nitrogen and oxygen atoms in total. The highest BCUT2D eigenvalue weighted by molar-refractivity contribution is 7.98. The predicted molar refractivity (Wildman–Crippen MR) is 157 cm³/mol. The number of hydrogen-bond acceptors (Lipinski definition) is 7. The van der Waals surface area contributed by atoms with Crippen molar-refractivity contribution in [3.05, 3.63) is 82.8 Å². The van der Waals surface area contributed by atoms with E-state index in [0.29, 0.717) is 34.5 Å². The molecule has 9 heteroatoms. The number of nitrogen functional groups attached to an aromatic ring is 1. The van der Waals surface area contributed by atoms with Gasteiger partial charge in [0.15, 0.2) is 0 Å². The van der Waals surface area contributed by atoms with Gasteiger partial charge in [0.2, 0.25) is 5.88 Å². The summed E-state index contributed by atoms with van der Waals surface area (Å²) < 4.78 is 25.6. The molecule has 1 aliphatic heterocycles. The zero-order valence-corrected chi connectivity index (χ0v) is 23.9. The van der Waals surface area contributed by atoms with E-state index in [-0.39, 0.29) is 30.5 Å². The van der Waals surface area contributed by atoms with Crippen molar-refractivity contribution in [1.82, 2.24) is 9.97 Å². The number of rotatable bonds is 7. The van der Waals surface area contributed by atoms with Crippen molar-refractivity contribution in [2.75, 3.05) is 16.9 Å². The quantitative estimate of drug-likeness (QED) is 0.242. The van der Waals surface area contributed by atoms with Gasteiger partial charge in [-0.25, -0.2) is 14.4 Å². The molecule has 4 aromatic rings. The number of carbonyl (C=O) groups excluding carboxylic acids is 1. The maximum absolute atomic E-state index is 14.1. The number of ether oxygens (including phenoxy) is 2. The highest BCUT2D eigenvalue weighted by Gasteiger charge is 2.27. The topological polar surface area (TPSA) is 90.6 Å². The highest BCUT2D eigenvalue weighted by atomic mass is 32.2. The van der Waals surface area contributed by atoms with Crippen molar-refractivity contribution in [3.8, 4) is 5.88 Å². The van der Waals surface area contributed by atoms with Crippen molar-refractivity contribution in [3.63, 3.8) is 0 Å². The predicted octanol–water partition coefficient (Wildman–Crippen LogP) is 7.08. The van der Waals surface area contributed by atoms with Crippen LogP contribution in [0.25, 0.3) is 10.9 Å². The second-order valence-electron chi connectivity index (χ2n) is 9.60. The summed E-state index contributed by atoms with van der Waals surface area (Å²) in [5.41, 5.74) is 10.9. The zero-order chi connectivity index (χ0) is 28.4. The maximum Gasteiger partial charge on any atom is 0.260 e. The van der Waals surface area contributed by atoms with E-state index in [1.54, 1.807) is 23.1 Å². The van der Waals surface area contributed by atoms with Gasteiger partial charge in [0.1, 0.15) is 17.7 Å². The third-order valence-corrected chi connectivity index (χ3v) is 7.69. The third-order valence-electron chi connectivity index (χ3n) is 6.93. The lowest BCUT2D eigenvalue weighted by Gasteiger charge is -2.25. The third kappa shape index (κ3) is 5.62. The standard InChI is InChI=1S/C29H27FN4O3S.C2H6/c1-16-27-22(15-36-16)21-8-3-17(11-23(21)33-28(27)31)14-34(24-9-5-19(30)12-25(24)38-2)29(35)18-4-10-26(32-13-18)37-20-6-7-20;1-2/h3-5,8-13,16,20H,6-7,14-15H2,1-2H3,(H2,31,33);1-2H3. The number of fused-ring (bicyclic) bond motifs is 3. The van der Waals surface area contributed by atoms with Crippen LogP contribution >= 0.6 is 11.8 Å². The van der Waals surface area contributed by atoms with E-state index in [1.807, 2.05) is 45.2 Å². The Hall–Kier alpha value is -3.69. The number of benzene rings is 2. The van der Waals surface area contributed by atoms with Gasteiger partial charge in [0.05, 0.1) is 36.0 Å². The number of hydrogen-bond donors (Lipinski definition) is 1. The monoisotopic (exact) mass is 560 g/mol. The molecule has 2 N–H and O–H groups in total. The van der Waals surface area contributed by atoms with Gasteiger partial charge < -0.3 is 20.1 Å². The first-order chi connectivity index (χ1) is 19.4. The Balaban J connectivity index is 0.00000158. The molecule has 2 aromatic carbocycles. The van der Waals surface area contributed by atoms with E-state index in [2.05, 4.69) is 9.97 Å². The van der Waals surface area contributed by atoms with Crippen LogP contribution in [0, 0.1) is 5.82 Å². The van der Waals surface area contributed by atoms with Gasteiger partial charge in [-0.05, 0) is 67.5 Å². The van der Waals surface area contributed by atoms with Crippen molar-refractivity contribution in [1.29, 1.82) is 0 Å². The number of pyridine rings is 2. The lowest BCUT2D eigenvalue weighted by molar-refractivity contribution is 0.0801. The Labute approximate surface area is 237 Å². The van der Waals surface area contributed by atoms with E-state index in [1.165, 1.54) is 30.1 Å². The van der Waals surface area contributed by atoms with Gasteiger partial charge >= 0.3 is 0 Å². The van der Waals surface area contributed by atoms with E-state index in [4.69, 9.17) is 15.2 Å².